The highest BCUT2D eigenvalue weighted by molar-refractivity contribution is 8.18. The number of para-hydroxylation sites is 1. The highest BCUT2D eigenvalue weighted by Gasteiger charge is 2.23. The van der Waals surface area contributed by atoms with E-state index in [2.05, 4.69) is 10.3 Å². The summed E-state index contributed by atoms with van der Waals surface area (Å²) in [5, 5.41) is 3.86. The van der Waals surface area contributed by atoms with E-state index in [1.54, 1.807) is 6.07 Å². The van der Waals surface area contributed by atoms with E-state index in [0.717, 1.165) is 11.1 Å². The number of hydrogen-bond donors (Lipinski definition) is 1. The molecule has 3 rings (SSSR count). The van der Waals surface area contributed by atoms with E-state index in [4.69, 9.17) is 11.6 Å². The van der Waals surface area contributed by atoms with Crippen molar-refractivity contribution in [3.63, 3.8) is 0 Å². The Morgan fingerprint density at radius 3 is 2.58 bits per heavy atom. The van der Waals surface area contributed by atoms with Crippen molar-refractivity contribution in [1.82, 2.24) is 5.32 Å². The standard InChI is InChI=1S/C19H15ClN2OS/c1-13(11-14-7-3-2-4-8-14)12-17-18(23)22-19(24-17)21-16-10-6-5-9-15(16)20/h2-12H,1H3,(H,21,22,23)/b13-11-,17-12-. The van der Waals surface area contributed by atoms with Gasteiger partial charge in [-0.1, -0.05) is 60.1 Å². The van der Waals surface area contributed by atoms with Gasteiger partial charge in [-0.2, -0.15) is 0 Å². The molecule has 1 saturated heterocycles. The van der Waals surface area contributed by atoms with Crippen LogP contribution in [0.4, 0.5) is 5.69 Å². The molecule has 0 radical (unpaired) electrons. The number of halogens is 1. The first-order valence-electron chi connectivity index (χ1n) is 7.39. The fourth-order valence-corrected chi connectivity index (χ4v) is 3.26. The molecule has 1 heterocycles. The van der Waals surface area contributed by atoms with E-state index in [1.165, 1.54) is 11.8 Å². The van der Waals surface area contributed by atoms with Gasteiger partial charge in [0.2, 0.25) is 0 Å². The van der Waals surface area contributed by atoms with Gasteiger partial charge in [-0.25, -0.2) is 4.99 Å². The van der Waals surface area contributed by atoms with Crippen LogP contribution in [0, 0.1) is 0 Å². The lowest BCUT2D eigenvalue weighted by atomic mass is 10.1. The third kappa shape index (κ3) is 4.16. The van der Waals surface area contributed by atoms with Crippen LogP contribution in [0.5, 0.6) is 0 Å². The number of amides is 1. The maximum atomic E-state index is 12.1. The molecule has 3 nitrogen and oxygen atoms in total. The van der Waals surface area contributed by atoms with Crippen LogP contribution in [0.15, 0.2) is 76.1 Å². The molecular formula is C19H15ClN2OS. The number of nitrogens with one attached hydrogen (secondary N) is 1. The van der Waals surface area contributed by atoms with E-state index < -0.39 is 0 Å². The second-order valence-corrected chi connectivity index (χ2v) is 6.67. The van der Waals surface area contributed by atoms with Crippen molar-refractivity contribution in [3.05, 3.63) is 81.7 Å². The Balaban J connectivity index is 1.80. The Bertz CT molecular complexity index is 857. The van der Waals surface area contributed by atoms with Gasteiger partial charge in [-0.3, -0.25) is 4.79 Å². The van der Waals surface area contributed by atoms with Crippen molar-refractivity contribution in [1.29, 1.82) is 0 Å². The quantitative estimate of drug-likeness (QED) is 0.772. The van der Waals surface area contributed by atoms with Crippen LogP contribution in [0.2, 0.25) is 5.02 Å². The summed E-state index contributed by atoms with van der Waals surface area (Å²) in [7, 11) is 0. The molecule has 0 aliphatic carbocycles. The number of benzene rings is 2. The smallest absolute Gasteiger partial charge is 0.264 e. The van der Waals surface area contributed by atoms with Gasteiger partial charge in [-0.15, -0.1) is 0 Å². The zero-order valence-electron chi connectivity index (χ0n) is 13.0. The predicted octanol–water partition coefficient (Wildman–Crippen LogP) is 5.18. The molecule has 0 bridgehead atoms. The van der Waals surface area contributed by atoms with Crippen molar-refractivity contribution < 1.29 is 4.79 Å². The summed E-state index contributed by atoms with van der Waals surface area (Å²) in [6.07, 6.45) is 3.90. The number of nitrogens with zero attached hydrogens (tertiary/aromatic N) is 1. The summed E-state index contributed by atoms with van der Waals surface area (Å²) in [6.45, 7) is 1.97. The molecule has 1 N–H and O–H groups in total. The van der Waals surface area contributed by atoms with Gasteiger partial charge in [0.05, 0.1) is 15.6 Å². The summed E-state index contributed by atoms with van der Waals surface area (Å²) in [6, 6.07) is 17.3. The molecule has 1 amide bonds. The van der Waals surface area contributed by atoms with Crippen LogP contribution in [0.3, 0.4) is 0 Å². The van der Waals surface area contributed by atoms with Crippen LogP contribution in [0.1, 0.15) is 12.5 Å². The van der Waals surface area contributed by atoms with Gasteiger partial charge >= 0.3 is 0 Å². The minimum absolute atomic E-state index is 0.147. The number of hydrogen-bond acceptors (Lipinski definition) is 3. The van der Waals surface area contributed by atoms with Crippen LogP contribution in [0.25, 0.3) is 6.08 Å². The zero-order valence-corrected chi connectivity index (χ0v) is 14.6. The van der Waals surface area contributed by atoms with Crippen LogP contribution in [-0.2, 0) is 4.79 Å². The molecule has 5 heteroatoms. The summed E-state index contributed by atoms with van der Waals surface area (Å²) in [5.41, 5.74) is 2.73. The number of thioether (sulfide) groups is 1. The fraction of sp³-hybridized carbons (Fsp3) is 0.0526. The first kappa shape index (κ1) is 16.6. The van der Waals surface area contributed by atoms with E-state index in [9.17, 15) is 4.79 Å². The number of carbonyl (C=O) groups excluding carboxylic acids is 1. The predicted molar refractivity (Wildman–Crippen MR) is 102 cm³/mol. The molecule has 0 atom stereocenters. The summed E-state index contributed by atoms with van der Waals surface area (Å²) in [5.74, 6) is -0.147. The van der Waals surface area contributed by atoms with Gasteiger partial charge in [0.1, 0.15) is 0 Å². The van der Waals surface area contributed by atoms with Crippen LogP contribution >= 0.6 is 23.4 Å². The SMILES string of the molecule is CC(=C/c1ccccc1)/C=C1\SC(=Nc2ccccc2Cl)NC1=O. The van der Waals surface area contributed by atoms with Gasteiger partial charge < -0.3 is 5.32 Å². The molecule has 120 valence electrons. The molecule has 0 aromatic heterocycles. The monoisotopic (exact) mass is 354 g/mol. The Kier molecular flexibility index (Phi) is 5.18. The lowest BCUT2D eigenvalue weighted by Crippen LogP contribution is -2.19. The van der Waals surface area contributed by atoms with Crippen LogP contribution in [-0.4, -0.2) is 11.1 Å². The first-order chi connectivity index (χ1) is 11.6. The molecule has 1 fully saturated rings. The third-order valence-electron chi connectivity index (χ3n) is 3.28. The molecule has 1 aliphatic heterocycles. The first-order valence-corrected chi connectivity index (χ1v) is 8.59. The van der Waals surface area contributed by atoms with Gasteiger partial charge in [0.25, 0.3) is 5.91 Å². The van der Waals surface area contributed by atoms with E-state index >= 15 is 0 Å². The topological polar surface area (TPSA) is 41.5 Å². The minimum Gasteiger partial charge on any atom is -0.300 e. The average Bonchev–Trinajstić information content (AvgIpc) is 2.90. The zero-order chi connectivity index (χ0) is 16.9. The van der Waals surface area contributed by atoms with E-state index in [1.807, 2.05) is 67.6 Å². The Labute approximate surface area is 150 Å². The fourth-order valence-electron chi connectivity index (χ4n) is 2.19. The second-order valence-electron chi connectivity index (χ2n) is 5.23. The molecule has 2 aromatic rings. The molecule has 24 heavy (non-hydrogen) atoms. The largest absolute Gasteiger partial charge is 0.300 e. The summed E-state index contributed by atoms with van der Waals surface area (Å²) >= 11 is 7.41. The molecule has 2 aromatic carbocycles. The second kappa shape index (κ2) is 7.51. The highest BCUT2D eigenvalue weighted by atomic mass is 35.5. The molecule has 0 unspecified atom stereocenters. The van der Waals surface area contributed by atoms with Gasteiger partial charge in [0.15, 0.2) is 5.17 Å². The normalized spacial score (nSPS) is 18.2. The Morgan fingerprint density at radius 1 is 1.12 bits per heavy atom. The maximum Gasteiger partial charge on any atom is 0.264 e. The number of rotatable bonds is 3. The Hall–Kier alpha value is -2.30. The van der Waals surface area contributed by atoms with Crippen LogP contribution < -0.4 is 5.32 Å². The number of allylic oxidation sites excluding steroid dienone is 2. The molecule has 1 aliphatic rings. The highest BCUT2D eigenvalue weighted by Crippen LogP contribution is 2.30. The lowest BCUT2D eigenvalue weighted by molar-refractivity contribution is -0.115. The van der Waals surface area contributed by atoms with Gasteiger partial charge in [-0.05, 0) is 48.0 Å². The van der Waals surface area contributed by atoms with E-state index in [0.29, 0.717) is 20.8 Å². The Morgan fingerprint density at radius 2 is 1.83 bits per heavy atom. The van der Waals surface area contributed by atoms with E-state index in [-0.39, 0.29) is 5.91 Å². The lowest BCUT2D eigenvalue weighted by Gasteiger charge is -1.98. The maximum absolute atomic E-state index is 12.1. The third-order valence-corrected chi connectivity index (χ3v) is 4.51. The van der Waals surface area contributed by atoms with Crippen molar-refractivity contribution in [2.24, 2.45) is 4.99 Å². The van der Waals surface area contributed by atoms with Crippen molar-refractivity contribution in [2.45, 2.75) is 6.92 Å². The number of amidine groups is 1. The number of aliphatic imine (C=N–C) groups is 1. The summed E-state index contributed by atoms with van der Waals surface area (Å²) in [4.78, 5) is 17.1. The molecular weight excluding hydrogens is 340 g/mol. The van der Waals surface area contributed by atoms with Gasteiger partial charge in [0, 0.05) is 0 Å². The minimum atomic E-state index is -0.147. The molecule has 0 spiro atoms. The van der Waals surface area contributed by atoms with Crippen molar-refractivity contribution >= 4 is 46.2 Å². The van der Waals surface area contributed by atoms with Crippen molar-refractivity contribution in [3.8, 4) is 0 Å². The van der Waals surface area contributed by atoms with Crippen molar-refractivity contribution in [2.75, 3.05) is 0 Å². The number of carbonyl (C=O) groups is 1. The molecule has 0 saturated carbocycles. The summed E-state index contributed by atoms with van der Waals surface area (Å²) < 4.78 is 0. The average molecular weight is 355 g/mol.